The number of benzene rings is 2. The molecule has 0 fully saturated rings. The number of rotatable bonds is 6. The van der Waals surface area contributed by atoms with Crippen LogP contribution in [-0.2, 0) is 16.1 Å². The van der Waals surface area contributed by atoms with Gasteiger partial charge in [0.05, 0.1) is 23.2 Å². The molecule has 2 aromatic carbocycles. The Morgan fingerprint density at radius 3 is 2.55 bits per heavy atom. The first-order valence-corrected chi connectivity index (χ1v) is 10.7. The minimum Gasteiger partial charge on any atom is -0.466 e. The minimum atomic E-state index is -0.346. The van der Waals surface area contributed by atoms with Crippen LogP contribution in [0.5, 0.6) is 11.5 Å². The average Bonchev–Trinajstić information content (AvgIpc) is 3.34. The Balaban J connectivity index is 1.73. The molecule has 0 saturated heterocycles. The largest absolute Gasteiger partial charge is 0.466 e. The fraction of sp³-hybridized carbons (Fsp3) is 0.318. The quantitative estimate of drug-likeness (QED) is 0.547. The van der Waals surface area contributed by atoms with Gasteiger partial charge in [-0.25, -0.2) is 0 Å². The van der Waals surface area contributed by atoms with Crippen molar-refractivity contribution in [3.63, 3.8) is 0 Å². The van der Waals surface area contributed by atoms with E-state index in [4.69, 9.17) is 14.2 Å². The number of hydrogen-bond acceptors (Lipinski definition) is 7. The molecule has 0 atom stereocenters. The van der Waals surface area contributed by atoms with E-state index >= 15 is 0 Å². The lowest BCUT2D eigenvalue weighted by Gasteiger charge is -2.11. The molecule has 162 valence electrons. The summed E-state index contributed by atoms with van der Waals surface area (Å²) in [6, 6.07) is 11.0. The van der Waals surface area contributed by atoms with Gasteiger partial charge in [0, 0.05) is 44.0 Å². The summed E-state index contributed by atoms with van der Waals surface area (Å²) in [4.78, 5) is 31.6. The van der Waals surface area contributed by atoms with Crippen molar-refractivity contribution in [1.29, 1.82) is 0 Å². The summed E-state index contributed by atoms with van der Waals surface area (Å²) in [6.07, 6.45) is 0.174. The van der Waals surface area contributed by atoms with Crippen molar-refractivity contribution in [3.05, 3.63) is 46.8 Å². The lowest BCUT2D eigenvalue weighted by molar-refractivity contribution is -0.143. The van der Waals surface area contributed by atoms with Crippen LogP contribution in [0.4, 0.5) is 5.69 Å². The molecular weight excluding hydrogens is 418 g/mol. The van der Waals surface area contributed by atoms with Crippen molar-refractivity contribution < 1.29 is 23.8 Å². The van der Waals surface area contributed by atoms with E-state index < -0.39 is 0 Å². The molecule has 1 amide bonds. The number of anilines is 1. The Morgan fingerprint density at radius 2 is 1.87 bits per heavy atom. The standard InChI is InChI=1S/C22H23N3O5S/c1-4-28-20(26)9-10-25-16-11-17-18(30-13-29-17)12-19(16)31-22(25)23-21(27)14-5-7-15(8-6-14)24(2)3/h5-8,11-12H,4,9-10,13H2,1-3H3. The number of aryl methyl sites for hydroxylation is 1. The molecule has 0 aliphatic carbocycles. The summed E-state index contributed by atoms with van der Waals surface area (Å²) in [5, 5.41) is 0. The lowest BCUT2D eigenvalue weighted by atomic mass is 10.2. The van der Waals surface area contributed by atoms with Gasteiger partial charge < -0.3 is 23.7 Å². The second kappa shape index (κ2) is 8.81. The van der Waals surface area contributed by atoms with Gasteiger partial charge in [0.15, 0.2) is 16.3 Å². The van der Waals surface area contributed by atoms with E-state index in [0.717, 1.165) is 15.9 Å². The van der Waals surface area contributed by atoms with Gasteiger partial charge in [-0.2, -0.15) is 4.99 Å². The van der Waals surface area contributed by atoms with E-state index in [1.165, 1.54) is 11.3 Å². The number of fused-ring (bicyclic) bond motifs is 2. The van der Waals surface area contributed by atoms with Gasteiger partial charge in [0.25, 0.3) is 5.91 Å². The van der Waals surface area contributed by atoms with Gasteiger partial charge in [-0.3, -0.25) is 9.59 Å². The number of aromatic nitrogens is 1. The van der Waals surface area contributed by atoms with Gasteiger partial charge >= 0.3 is 5.97 Å². The summed E-state index contributed by atoms with van der Waals surface area (Å²) in [6.45, 7) is 2.61. The van der Waals surface area contributed by atoms with Crippen molar-refractivity contribution in [2.24, 2.45) is 4.99 Å². The number of ether oxygens (including phenoxy) is 3. The van der Waals surface area contributed by atoms with Crippen LogP contribution in [0, 0.1) is 0 Å². The van der Waals surface area contributed by atoms with Crippen LogP contribution in [0.3, 0.4) is 0 Å². The van der Waals surface area contributed by atoms with Crippen molar-refractivity contribution >= 4 is 39.1 Å². The highest BCUT2D eigenvalue weighted by atomic mass is 32.1. The Bertz CT molecular complexity index is 1190. The summed E-state index contributed by atoms with van der Waals surface area (Å²) >= 11 is 1.37. The van der Waals surface area contributed by atoms with Crippen LogP contribution in [-0.4, -0.2) is 43.9 Å². The van der Waals surface area contributed by atoms with Crippen molar-refractivity contribution in [2.75, 3.05) is 32.4 Å². The van der Waals surface area contributed by atoms with Gasteiger partial charge in [-0.1, -0.05) is 11.3 Å². The highest BCUT2D eigenvalue weighted by molar-refractivity contribution is 7.16. The molecule has 3 aromatic rings. The molecule has 1 aliphatic rings. The predicted molar refractivity (Wildman–Crippen MR) is 118 cm³/mol. The van der Waals surface area contributed by atoms with Gasteiger partial charge in [-0.05, 0) is 31.2 Å². The summed E-state index contributed by atoms with van der Waals surface area (Å²) < 4.78 is 18.8. The molecule has 1 aromatic heterocycles. The molecule has 9 heteroatoms. The predicted octanol–water partition coefficient (Wildman–Crippen LogP) is 3.19. The van der Waals surface area contributed by atoms with Crippen LogP contribution in [0.15, 0.2) is 41.4 Å². The number of carbonyl (C=O) groups is 2. The summed E-state index contributed by atoms with van der Waals surface area (Å²) in [7, 11) is 3.88. The fourth-order valence-electron chi connectivity index (χ4n) is 3.25. The Hall–Kier alpha value is -3.33. The Labute approximate surface area is 183 Å². The lowest BCUT2D eigenvalue weighted by Crippen LogP contribution is -2.19. The topological polar surface area (TPSA) is 82.4 Å². The smallest absolute Gasteiger partial charge is 0.307 e. The first-order valence-electron chi connectivity index (χ1n) is 9.91. The van der Waals surface area contributed by atoms with Crippen LogP contribution >= 0.6 is 11.3 Å². The zero-order valence-corrected chi connectivity index (χ0v) is 18.4. The van der Waals surface area contributed by atoms with Gasteiger partial charge in [0.1, 0.15) is 0 Å². The summed E-state index contributed by atoms with van der Waals surface area (Å²) in [5.41, 5.74) is 2.32. The van der Waals surface area contributed by atoms with Crippen LogP contribution in [0.25, 0.3) is 10.2 Å². The molecule has 2 heterocycles. The normalized spacial score (nSPS) is 12.9. The zero-order valence-electron chi connectivity index (χ0n) is 17.6. The second-order valence-electron chi connectivity index (χ2n) is 7.12. The Kier molecular flexibility index (Phi) is 5.94. The highest BCUT2D eigenvalue weighted by Gasteiger charge is 2.19. The third-order valence-corrected chi connectivity index (χ3v) is 5.89. The molecule has 0 unspecified atom stereocenters. The maximum absolute atomic E-state index is 12.8. The van der Waals surface area contributed by atoms with Gasteiger partial charge in [-0.15, -0.1) is 0 Å². The minimum absolute atomic E-state index is 0.174. The fourth-order valence-corrected chi connectivity index (χ4v) is 4.32. The van der Waals surface area contributed by atoms with Crippen LogP contribution < -0.4 is 19.2 Å². The molecule has 31 heavy (non-hydrogen) atoms. The van der Waals surface area contributed by atoms with E-state index in [9.17, 15) is 9.59 Å². The molecule has 0 bridgehead atoms. The van der Waals surface area contributed by atoms with Crippen molar-refractivity contribution in [2.45, 2.75) is 19.9 Å². The molecular formula is C22H23N3O5S. The maximum Gasteiger partial charge on any atom is 0.307 e. The molecule has 0 saturated carbocycles. The van der Waals surface area contributed by atoms with Crippen molar-refractivity contribution in [3.8, 4) is 11.5 Å². The SMILES string of the molecule is CCOC(=O)CCn1c(=NC(=O)c2ccc(N(C)C)cc2)sc2cc3c(cc21)OCO3. The molecule has 0 radical (unpaired) electrons. The van der Waals surface area contributed by atoms with Gasteiger partial charge in [0.2, 0.25) is 6.79 Å². The maximum atomic E-state index is 12.8. The van der Waals surface area contributed by atoms with Crippen LogP contribution in [0.1, 0.15) is 23.7 Å². The Morgan fingerprint density at radius 1 is 1.16 bits per heavy atom. The number of esters is 1. The van der Waals surface area contributed by atoms with Crippen LogP contribution in [0.2, 0.25) is 0 Å². The monoisotopic (exact) mass is 441 g/mol. The molecule has 0 N–H and O–H groups in total. The number of nitrogens with zero attached hydrogens (tertiary/aromatic N) is 3. The number of amides is 1. The first kappa shape index (κ1) is 20.9. The molecule has 4 rings (SSSR count). The van der Waals surface area contributed by atoms with Crippen molar-refractivity contribution in [1.82, 2.24) is 4.57 Å². The number of carbonyl (C=O) groups excluding carboxylic acids is 2. The van der Waals surface area contributed by atoms with E-state index in [1.54, 1.807) is 19.1 Å². The number of hydrogen-bond donors (Lipinski definition) is 0. The third-order valence-electron chi connectivity index (χ3n) is 4.85. The first-order chi connectivity index (χ1) is 15.0. The van der Waals surface area contributed by atoms with E-state index in [-0.39, 0.29) is 25.1 Å². The second-order valence-corrected chi connectivity index (χ2v) is 8.13. The third kappa shape index (κ3) is 4.41. The van der Waals surface area contributed by atoms with E-state index in [2.05, 4.69) is 4.99 Å². The van der Waals surface area contributed by atoms with E-state index in [0.29, 0.717) is 35.0 Å². The molecule has 1 aliphatic heterocycles. The highest BCUT2D eigenvalue weighted by Crippen LogP contribution is 2.37. The molecule has 0 spiro atoms. The zero-order chi connectivity index (χ0) is 22.0. The summed E-state index contributed by atoms with van der Waals surface area (Å²) in [5.74, 6) is 0.643. The number of thiazole rings is 1. The molecule has 8 nitrogen and oxygen atoms in total. The van der Waals surface area contributed by atoms with E-state index in [1.807, 2.05) is 47.8 Å². The average molecular weight is 442 g/mol.